The predicted octanol–water partition coefficient (Wildman–Crippen LogP) is 1.78. The molecule has 15 heavy (non-hydrogen) atoms. The molecule has 5 heteroatoms. The number of halogens is 1. The van der Waals surface area contributed by atoms with Crippen molar-refractivity contribution >= 4 is 21.6 Å². The largest absolute Gasteiger partial charge is 0.392 e. The molecule has 0 fully saturated rings. The summed E-state index contributed by atoms with van der Waals surface area (Å²) in [5.74, 6) is 0. The number of anilines is 1. The molecule has 0 saturated carbocycles. The van der Waals surface area contributed by atoms with Crippen LogP contribution in [-0.2, 0) is 0 Å². The quantitative estimate of drug-likeness (QED) is 0.826. The van der Waals surface area contributed by atoms with Gasteiger partial charge in [-0.2, -0.15) is 0 Å². The van der Waals surface area contributed by atoms with Crippen LogP contribution in [0.3, 0.4) is 0 Å². The monoisotopic (exact) mass is 265 g/mol. The van der Waals surface area contributed by atoms with Crippen molar-refractivity contribution in [1.29, 1.82) is 0 Å². The molecular formula is C10H8BrN3O. The zero-order chi connectivity index (χ0) is 10.8. The summed E-state index contributed by atoms with van der Waals surface area (Å²) in [7, 11) is 0. The minimum absolute atomic E-state index is 0.139. The van der Waals surface area contributed by atoms with Gasteiger partial charge in [-0.3, -0.25) is 4.79 Å². The normalized spacial score (nSPS) is 10.2. The molecular weight excluding hydrogens is 258 g/mol. The van der Waals surface area contributed by atoms with E-state index in [-0.39, 0.29) is 11.2 Å². The van der Waals surface area contributed by atoms with Crippen LogP contribution in [-0.4, -0.2) is 9.97 Å². The summed E-state index contributed by atoms with van der Waals surface area (Å²) < 4.78 is 0.967. The SMILES string of the molecule is Nc1c(-c2ccc(Br)cc2)nc[nH]c1=O. The van der Waals surface area contributed by atoms with Crippen LogP contribution in [0.5, 0.6) is 0 Å². The lowest BCUT2D eigenvalue weighted by atomic mass is 10.1. The molecule has 0 aliphatic carbocycles. The molecule has 0 unspecified atom stereocenters. The van der Waals surface area contributed by atoms with E-state index >= 15 is 0 Å². The second kappa shape index (κ2) is 3.86. The fourth-order valence-electron chi connectivity index (χ4n) is 1.25. The number of nitrogen functional groups attached to an aromatic ring is 1. The fraction of sp³-hybridized carbons (Fsp3) is 0. The van der Waals surface area contributed by atoms with E-state index in [0.29, 0.717) is 5.69 Å². The number of rotatable bonds is 1. The third-order valence-electron chi connectivity index (χ3n) is 2.01. The lowest BCUT2D eigenvalue weighted by Crippen LogP contribution is -2.13. The Morgan fingerprint density at radius 2 is 1.93 bits per heavy atom. The number of aromatic amines is 1. The summed E-state index contributed by atoms with van der Waals surface area (Å²) in [6.07, 6.45) is 1.34. The average molecular weight is 266 g/mol. The van der Waals surface area contributed by atoms with Gasteiger partial charge in [0, 0.05) is 10.0 Å². The van der Waals surface area contributed by atoms with E-state index in [1.807, 2.05) is 24.3 Å². The van der Waals surface area contributed by atoms with Crippen molar-refractivity contribution < 1.29 is 0 Å². The van der Waals surface area contributed by atoms with Gasteiger partial charge >= 0.3 is 0 Å². The van der Waals surface area contributed by atoms with Gasteiger partial charge in [0.25, 0.3) is 5.56 Å². The molecule has 4 nitrogen and oxygen atoms in total. The standard InChI is InChI=1S/C10H8BrN3O/c11-7-3-1-6(2-4-7)9-8(12)10(15)14-5-13-9/h1-5H,12H2,(H,13,14,15). The molecule has 0 bridgehead atoms. The van der Waals surface area contributed by atoms with Crippen molar-refractivity contribution in [1.82, 2.24) is 9.97 Å². The highest BCUT2D eigenvalue weighted by atomic mass is 79.9. The van der Waals surface area contributed by atoms with Crippen LogP contribution in [0.1, 0.15) is 0 Å². The average Bonchev–Trinajstić information content (AvgIpc) is 2.24. The number of H-pyrrole nitrogens is 1. The van der Waals surface area contributed by atoms with Gasteiger partial charge in [0.05, 0.1) is 6.33 Å². The molecule has 2 aromatic rings. The first-order valence-electron chi connectivity index (χ1n) is 4.27. The molecule has 0 amide bonds. The molecule has 0 radical (unpaired) electrons. The summed E-state index contributed by atoms with van der Waals surface area (Å²) in [6.45, 7) is 0. The Bertz CT molecular complexity index is 533. The smallest absolute Gasteiger partial charge is 0.274 e. The van der Waals surface area contributed by atoms with Gasteiger partial charge in [-0.15, -0.1) is 0 Å². The number of aromatic nitrogens is 2. The highest BCUT2D eigenvalue weighted by Crippen LogP contribution is 2.21. The van der Waals surface area contributed by atoms with E-state index in [1.54, 1.807) is 0 Å². The molecule has 0 aliphatic rings. The molecule has 1 aromatic carbocycles. The molecule has 0 atom stereocenters. The maximum absolute atomic E-state index is 11.3. The second-order valence-corrected chi connectivity index (χ2v) is 3.92. The molecule has 1 aromatic heterocycles. The second-order valence-electron chi connectivity index (χ2n) is 3.00. The first-order chi connectivity index (χ1) is 7.18. The summed E-state index contributed by atoms with van der Waals surface area (Å²) in [5, 5.41) is 0. The maximum atomic E-state index is 11.3. The molecule has 76 valence electrons. The Balaban J connectivity index is 2.59. The van der Waals surface area contributed by atoms with Crippen LogP contribution in [0.2, 0.25) is 0 Å². The van der Waals surface area contributed by atoms with E-state index in [9.17, 15) is 4.79 Å². The van der Waals surface area contributed by atoms with Crippen LogP contribution < -0.4 is 11.3 Å². The van der Waals surface area contributed by atoms with E-state index in [1.165, 1.54) is 6.33 Å². The van der Waals surface area contributed by atoms with Gasteiger partial charge in [0.2, 0.25) is 0 Å². The third kappa shape index (κ3) is 1.92. The number of nitrogens with zero attached hydrogens (tertiary/aromatic N) is 1. The minimum Gasteiger partial charge on any atom is -0.392 e. The lowest BCUT2D eigenvalue weighted by Gasteiger charge is -2.02. The summed E-state index contributed by atoms with van der Waals surface area (Å²) in [6, 6.07) is 7.44. The van der Waals surface area contributed by atoms with Crippen LogP contribution in [0, 0.1) is 0 Å². The minimum atomic E-state index is -0.317. The van der Waals surface area contributed by atoms with Gasteiger partial charge < -0.3 is 10.7 Å². The summed E-state index contributed by atoms with van der Waals surface area (Å²) in [5.41, 5.74) is 6.78. The summed E-state index contributed by atoms with van der Waals surface area (Å²) in [4.78, 5) is 17.7. The Kier molecular flexibility index (Phi) is 2.55. The summed E-state index contributed by atoms with van der Waals surface area (Å²) >= 11 is 3.33. The van der Waals surface area contributed by atoms with Crippen molar-refractivity contribution in [3.63, 3.8) is 0 Å². The van der Waals surface area contributed by atoms with Gasteiger partial charge in [-0.1, -0.05) is 28.1 Å². The molecule has 1 heterocycles. The van der Waals surface area contributed by atoms with Crippen molar-refractivity contribution in [2.24, 2.45) is 0 Å². The van der Waals surface area contributed by atoms with E-state index in [2.05, 4.69) is 25.9 Å². The zero-order valence-electron chi connectivity index (χ0n) is 7.70. The van der Waals surface area contributed by atoms with Gasteiger partial charge in [-0.25, -0.2) is 4.98 Å². The van der Waals surface area contributed by atoms with Crippen LogP contribution in [0.15, 0.2) is 39.9 Å². The zero-order valence-corrected chi connectivity index (χ0v) is 9.28. The maximum Gasteiger partial charge on any atom is 0.274 e. The number of benzene rings is 1. The van der Waals surface area contributed by atoms with Crippen molar-refractivity contribution in [3.05, 3.63) is 45.4 Å². The number of nitrogens with one attached hydrogen (secondary N) is 1. The Labute approximate surface area is 94.3 Å². The van der Waals surface area contributed by atoms with Crippen LogP contribution >= 0.6 is 15.9 Å². The number of hydrogen-bond acceptors (Lipinski definition) is 3. The first kappa shape index (κ1) is 9.92. The highest BCUT2D eigenvalue weighted by Gasteiger charge is 2.06. The van der Waals surface area contributed by atoms with Crippen molar-refractivity contribution in [3.8, 4) is 11.3 Å². The first-order valence-corrected chi connectivity index (χ1v) is 5.07. The van der Waals surface area contributed by atoms with Gasteiger partial charge in [-0.05, 0) is 12.1 Å². The molecule has 0 aliphatic heterocycles. The molecule has 2 rings (SSSR count). The lowest BCUT2D eigenvalue weighted by molar-refractivity contribution is 1.13. The van der Waals surface area contributed by atoms with Gasteiger partial charge in [0.1, 0.15) is 11.4 Å². The molecule has 3 N–H and O–H groups in total. The molecule has 0 spiro atoms. The fourth-order valence-corrected chi connectivity index (χ4v) is 1.51. The predicted molar refractivity (Wildman–Crippen MR) is 62.4 cm³/mol. The van der Waals surface area contributed by atoms with Crippen LogP contribution in [0.4, 0.5) is 5.69 Å². The Morgan fingerprint density at radius 1 is 1.27 bits per heavy atom. The number of nitrogens with two attached hydrogens (primary N) is 1. The Hall–Kier alpha value is -1.62. The van der Waals surface area contributed by atoms with E-state index in [0.717, 1.165) is 10.0 Å². The van der Waals surface area contributed by atoms with E-state index < -0.39 is 0 Å². The topological polar surface area (TPSA) is 71.8 Å². The van der Waals surface area contributed by atoms with E-state index in [4.69, 9.17) is 5.73 Å². The number of hydrogen-bond donors (Lipinski definition) is 2. The van der Waals surface area contributed by atoms with Crippen molar-refractivity contribution in [2.75, 3.05) is 5.73 Å². The van der Waals surface area contributed by atoms with Crippen LogP contribution in [0.25, 0.3) is 11.3 Å². The van der Waals surface area contributed by atoms with Gasteiger partial charge in [0.15, 0.2) is 0 Å². The Morgan fingerprint density at radius 3 is 2.60 bits per heavy atom. The third-order valence-corrected chi connectivity index (χ3v) is 2.54. The highest BCUT2D eigenvalue weighted by molar-refractivity contribution is 9.10. The van der Waals surface area contributed by atoms with Crippen molar-refractivity contribution in [2.45, 2.75) is 0 Å². The molecule has 0 saturated heterocycles.